The van der Waals surface area contributed by atoms with Gasteiger partial charge in [0.1, 0.15) is 12.4 Å². The lowest BCUT2D eigenvalue weighted by molar-refractivity contribution is -0.139. The number of hydrogen-bond acceptors (Lipinski definition) is 4. The van der Waals surface area contributed by atoms with E-state index in [-0.39, 0.29) is 24.2 Å². The van der Waals surface area contributed by atoms with Gasteiger partial charge < -0.3 is 9.64 Å². The number of cyclic esters (lactones) is 1. The quantitative estimate of drug-likeness (QED) is 0.847. The molecule has 0 N–H and O–H groups in total. The summed E-state index contributed by atoms with van der Waals surface area (Å²) in [5.74, 6) is -1.22. The van der Waals surface area contributed by atoms with Gasteiger partial charge in [-0.25, -0.2) is 14.1 Å². The molecule has 0 bridgehead atoms. The number of halogens is 1. The second kappa shape index (κ2) is 5.89. The fourth-order valence-electron chi connectivity index (χ4n) is 3.14. The monoisotopic (exact) mass is 334 g/mol. The number of carbonyl (C=O) groups is 3. The van der Waals surface area contributed by atoms with Gasteiger partial charge in [-0.3, -0.25) is 9.59 Å². The van der Waals surface area contributed by atoms with E-state index in [1.165, 1.54) is 19.9 Å². The highest BCUT2D eigenvalue weighted by Gasteiger charge is 2.48. The molecule has 0 aromatic heterocycles. The molecule has 0 radical (unpaired) electrons. The second-order valence-corrected chi connectivity index (χ2v) is 6.62. The van der Waals surface area contributed by atoms with Crippen molar-refractivity contribution in [1.29, 1.82) is 0 Å². The Morgan fingerprint density at radius 3 is 2.67 bits per heavy atom. The molecule has 6 nitrogen and oxygen atoms in total. The maximum absolute atomic E-state index is 13.9. The number of carbonyl (C=O) groups excluding carboxylic acids is 3. The number of benzene rings is 1. The maximum atomic E-state index is 13.9. The van der Waals surface area contributed by atoms with Gasteiger partial charge in [-0.15, -0.1) is 0 Å². The van der Waals surface area contributed by atoms with Crippen LogP contribution in [0.2, 0.25) is 0 Å². The summed E-state index contributed by atoms with van der Waals surface area (Å²) < 4.78 is 18.8. The lowest BCUT2D eigenvalue weighted by atomic mass is 9.98. The number of ether oxygens (including phenoxy) is 1. The van der Waals surface area contributed by atoms with E-state index in [9.17, 15) is 18.8 Å². The number of nitrogens with zero attached hydrogens (tertiary/aromatic N) is 2. The van der Waals surface area contributed by atoms with E-state index in [1.54, 1.807) is 23.1 Å². The van der Waals surface area contributed by atoms with Crippen molar-refractivity contribution in [3.8, 4) is 0 Å². The number of rotatable bonds is 3. The zero-order valence-corrected chi connectivity index (χ0v) is 13.6. The van der Waals surface area contributed by atoms with Crippen LogP contribution in [0, 0.1) is 5.82 Å². The first kappa shape index (κ1) is 16.4. The second-order valence-electron chi connectivity index (χ2n) is 6.62. The first-order valence-corrected chi connectivity index (χ1v) is 7.87. The predicted octanol–water partition coefficient (Wildman–Crippen LogP) is 1.90. The molecule has 2 aliphatic rings. The lowest BCUT2D eigenvalue weighted by Crippen LogP contribution is -2.43. The van der Waals surface area contributed by atoms with Crippen molar-refractivity contribution in [1.82, 2.24) is 9.80 Å². The van der Waals surface area contributed by atoms with Crippen LogP contribution in [0.5, 0.6) is 0 Å². The van der Waals surface area contributed by atoms with Gasteiger partial charge in [-0.1, -0.05) is 18.2 Å². The molecule has 1 aromatic rings. The van der Waals surface area contributed by atoms with Crippen molar-refractivity contribution in [2.75, 3.05) is 19.6 Å². The average molecular weight is 334 g/mol. The Balaban J connectivity index is 1.64. The molecular weight excluding hydrogens is 315 g/mol. The highest BCUT2D eigenvalue weighted by molar-refractivity contribution is 6.04. The molecule has 2 aliphatic heterocycles. The summed E-state index contributed by atoms with van der Waals surface area (Å²) in [4.78, 5) is 38.6. The zero-order chi connectivity index (χ0) is 17.5. The topological polar surface area (TPSA) is 66.9 Å². The molecule has 128 valence electrons. The van der Waals surface area contributed by atoms with E-state index in [1.807, 2.05) is 0 Å². The molecule has 3 rings (SSSR count). The fourth-order valence-corrected chi connectivity index (χ4v) is 3.14. The number of imide groups is 1. The van der Waals surface area contributed by atoms with Gasteiger partial charge in [0.15, 0.2) is 5.60 Å². The van der Waals surface area contributed by atoms with Gasteiger partial charge in [-0.05, 0) is 31.9 Å². The van der Waals surface area contributed by atoms with Gasteiger partial charge in [-0.2, -0.15) is 0 Å². The van der Waals surface area contributed by atoms with E-state index in [2.05, 4.69) is 0 Å². The summed E-state index contributed by atoms with van der Waals surface area (Å²) in [6.07, 6.45) is -0.153. The highest BCUT2D eigenvalue weighted by Crippen LogP contribution is 2.29. The Kier molecular flexibility index (Phi) is 4.03. The van der Waals surface area contributed by atoms with Crippen LogP contribution in [0.4, 0.5) is 9.18 Å². The molecule has 1 atom stereocenters. The van der Waals surface area contributed by atoms with Crippen molar-refractivity contribution in [3.63, 3.8) is 0 Å². The number of hydrogen-bond donors (Lipinski definition) is 0. The van der Waals surface area contributed by atoms with Gasteiger partial charge in [0, 0.05) is 19.0 Å². The van der Waals surface area contributed by atoms with Crippen LogP contribution < -0.4 is 0 Å². The highest BCUT2D eigenvalue weighted by atomic mass is 19.1. The third-order valence-electron chi connectivity index (χ3n) is 4.50. The molecular formula is C17H19FN2O4. The Labute approximate surface area is 139 Å². The smallest absolute Gasteiger partial charge is 0.418 e. The van der Waals surface area contributed by atoms with Crippen LogP contribution in [0.3, 0.4) is 0 Å². The Hall–Kier alpha value is -2.44. The molecule has 0 spiro atoms. The van der Waals surface area contributed by atoms with E-state index < -0.39 is 17.6 Å². The molecule has 1 aromatic carbocycles. The van der Waals surface area contributed by atoms with Gasteiger partial charge >= 0.3 is 6.09 Å². The molecule has 0 saturated carbocycles. The molecule has 3 amide bonds. The van der Waals surface area contributed by atoms with Crippen molar-refractivity contribution in [3.05, 3.63) is 35.6 Å². The predicted molar refractivity (Wildman–Crippen MR) is 82.6 cm³/mol. The first-order chi connectivity index (χ1) is 11.3. The van der Waals surface area contributed by atoms with Crippen LogP contribution >= 0.6 is 0 Å². The molecule has 2 fully saturated rings. The van der Waals surface area contributed by atoms with Crippen molar-refractivity contribution < 1.29 is 23.5 Å². The minimum atomic E-state index is -1.24. The Bertz CT molecular complexity index is 704. The molecule has 1 unspecified atom stereocenters. The third-order valence-corrected chi connectivity index (χ3v) is 4.50. The summed E-state index contributed by atoms with van der Waals surface area (Å²) in [7, 11) is 0. The van der Waals surface area contributed by atoms with Crippen molar-refractivity contribution in [2.45, 2.75) is 31.8 Å². The van der Waals surface area contributed by atoms with E-state index in [0.717, 1.165) is 4.90 Å². The number of amides is 3. The average Bonchev–Trinajstić information content (AvgIpc) is 3.07. The summed E-state index contributed by atoms with van der Waals surface area (Å²) in [5, 5.41) is 0. The van der Waals surface area contributed by atoms with Crippen LogP contribution in [-0.4, -0.2) is 52.9 Å². The Morgan fingerprint density at radius 1 is 1.33 bits per heavy atom. The van der Waals surface area contributed by atoms with Crippen molar-refractivity contribution >= 4 is 17.9 Å². The van der Waals surface area contributed by atoms with Gasteiger partial charge in [0.2, 0.25) is 5.91 Å². The largest absolute Gasteiger partial charge is 0.433 e. The minimum Gasteiger partial charge on any atom is -0.433 e. The summed E-state index contributed by atoms with van der Waals surface area (Å²) in [6.45, 7) is 3.48. The van der Waals surface area contributed by atoms with Crippen LogP contribution in [0.15, 0.2) is 24.3 Å². The minimum absolute atomic E-state index is 0.0761. The molecule has 2 heterocycles. The molecule has 2 saturated heterocycles. The van der Waals surface area contributed by atoms with Gasteiger partial charge in [0.25, 0.3) is 5.91 Å². The number of likely N-dealkylation sites (tertiary alicyclic amines) is 1. The molecule has 24 heavy (non-hydrogen) atoms. The third kappa shape index (κ3) is 2.86. The summed E-state index contributed by atoms with van der Waals surface area (Å²) >= 11 is 0. The van der Waals surface area contributed by atoms with Crippen LogP contribution in [-0.2, 0) is 14.3 Å². The van der Waals surface area contributed by atoms with E-state index in [0.29, 0.717) is 25.1 Å². The van der Waals surface area contributed by atoms with E-state index in [4.69, 9.17) is 4.74 Å². The van der Waals surface area contributed by atoms with Crippen LogP contribution in [0.25, 0.3) is 0 Å². The fraction of sp³-hybridized carbons (Fsp3) is 0.471. The first-order valence-electron chi connectivity index (χ1n) is 7.87. The van der Waals surface area contributed by atoms with Crippen LogP contribution in [0.1, 0.15) is 31.7 Å². The van der Waals surface area contributed by atoms with Gasteiger partial charge in [0.05, 0.1) is 0 Å². The molecule has 7 heteroatoms. The van der Waals surface area contributed by atoms with E-state index >= 15 is 0 Å². The van der Waals surface area contributed by atoms with Crippen molar-refractivity contribution in [2.24, 2.45) is 0 Å². The summed E-state index contributed by atoms with van der Waals surface area (Å²) in [5.41, 5.74) is -0.650. The maximum Gasteiger partial charge on any atom is 0.418 e. The summed E-state index contributed by atoms with van der Waals surface area (Å²) in [6, 6.07) is 6.52. The normalized spacial score (nSPS) is 22.9. The standard InChI is InChI=1S/C17H19FN2O4/c1-17(2)15(22)20(16(23)24-17)10-14(21)19-8-7-11(9-19)12-5-3-4-6-13(12)18/h3-6,11H,7-10H2,1-2H3. The zero-order valence-electron chi connectivity index (χ0n) is 13.6. The molecule has 0 aliphatic carbocycles. The lowest BCUT2D eigenvalue weighted by Gasteiger charge is -2.20. The Morgan fingerprint density at radius 2 is 2.04 bits per heavy atom. The SMILES string of the molecule is CC1(C)OC(=O)N(CC(=O)N2CCC(c3ccccc3F)C2)C1=O.